The van der Waals surface area contributed by atoms with Crippen molar-refractivity contribution in [1.29, 1.82) is 0 Å². The molecule has 1 heterocycles. The highest BCUT2D eigenvalue weighted by molar-refractivity contribution is 5.75. The summed E-state index contributed by atoms with van der Waals surface area (Å²) < 4.78 is 29.7. The second-order valence-electron chi connectivity index (χ2n) is 2.98. The highest BCUT2D eigenvalue weighted by Gasteiger charge is 2.20. The first-order chi connectivity index (χ1) is 7.47. The fraction of sp³-hybridized carbons (Fsp3) is 0.333. The molecular formula is C9H10F2N2O3. The Balaban J connectivity index is 3.28. The van der Waals surface area contributed by atoms with Gasteiger partial charge in [-0.05, 0) is 0 Å². The standard InChI is InChI=1S/C9H10F2N2O3/c1-16-5-3-13-8(9(10)11)7(12)4(5)2-6(14)15/h3,9H,2,12H2,1H3,(H,14,15). The molecule has 0 spiro atoms. The number of halogens is 2. The van der Waals surface area contributed by atoms with Gasteiger partial charge in [0.15, 0.2) is 0 Å². The van der Waals surface area contributed by atoms with E-state index < -0.39 is 24.5 Å². The fourth-order valence-electron chi connectivity index (χ4n) is 1.25. The van der Waals surface area contributed by atoms with Crippen molar-refractivity contribution < 1.29 is 23.4 Å². The van der Waals surface area contributed by atoms with E-state index in [-0.39, 0.29) is 17.0 Å². The summed E-state index contributed by atoms with van der Waals surface area (Å²) in [6.07, 6.45) is -2.30. The molecule has 88 valence electrons. The molecule has 0 aliphatic carbocycles. The number of carbonyl (C=O) groups is 1. The van der Waals surface area contributed by atoms with Crippen molar-refractivity contribution in [3.63, 3.8) is 0 Å². The van der Waals surface area contributed by atoms with E-state index >= 15 is 0 Å². The predicted octanol–water partition coefficient (Wildman–Crippen LogP) is 1.24. The van der Waals surface area contributed by atoms with E-state index in [4.69, 9.17) is 15.6 Å². The third-order valence-corrected chi connectivity index (χ3v) is 1.97. The summed E-state index contributed by atoms with van der Waals surface area (Å²) in [5.41, 5.74) is 4.47. The second kappa shape index (κ2) is 4.73. The Morgan fingerprint density at radius 2 is 2.31 bits per heavy atom. The van der Waals surface area contributed by atoms with Crippen LogP contribution in [0.25, 0.3) is 0 Å². The zero-order chi connectivity index (χ0) is 12.3. The normalized spacial score (nSPS) is 10.5. The molecule has 1 aromatic heterocycles. The van der Waals surface area contributed by atoms with Crippen LogP contribution in [0.4, 0.5) is 14.5 Å². The molecule has 0 aliphatic rings. The Labute approximate surface area is 89.9 Å². The Morgan fingerprint density at radius 1 is 1.69 bits per heavy atom. The first-order valence-corrected chi connectivity index (χ1v) is 4.28. The number of methoxy groups -OCH3 is 1. The molecule has 1 aromatic rings. The van der Waals surface area contributed by atoms with Crippen molar-refractivity contribution in [3.05, 3.63) is 17.5 Å². The molecular weight excluding hydrogens is 222 g/mol. The number of anilines is 1. The average Bonchev–Trinajstić information content (AvgIpc) is 2.19. The van der Waals surface area contributed by atoms with Crippen molar-refractivity contribution in [2.45, 2.75) is 12.8 Å². The van der Waals surface area contributed by atoms with E-state index in [9.17, 15) is 13.6 Å². The predicted molar refractivity (Wildman–Crippen MR) is 51.5 cm³/mol. The van der Waals surface area contributed by atoms with Crippen LogP contribution in [-0.2, 0) is 11.2 Å². The highest BCUT2D eigenvalue weighted by atomic mass is 19.3. The summed E-state index contributed by atoms with van der Waals surface area (Å²) in [6, 6.07) is 0. The molecule has 0 unspecified atom stereocenters. The number of aromatic nitrogens is 1. The van der Waals surface area contributed by atoms with Gasteiger partial charge in [0.1, 0.15) is 11.4 Å². The smallest absolute Gasteiger partial charge is 0.308 e. The van der Waals surface area contributed by atoms with Crippen molar-refractivity contribution in [3.8, 4) is 5.75 Å². The molecule has 0 fully saturated rings. The quantitative estimate of drug-likeness (QED) is 0.815. The maximum absolute atomic E-state index is 12.5. The zero-order valence-electron chi connectivity index (χ0n) is 8.41. The van der Waals surface area contributed by atoms with Crippen molar-refractivity contribution in [2.24, 2.45) is 0 Å². The Morgan fingerprint density at radius 3 is 2.75 bits per heavy atom. The van der Waals surface area contributed by atoms with E-state index in [2.05, 4.69) is 4.98 Å². The average molecular weight is 232 g/mol. The molecule has 1 rings (SSSR count). The van der Waals surface area contributed by atoms with Gasteiger partial charge in [0.25, 0.3) is 6.43 Å². The van der Waals surface area contributed by atoms with Gasteiger partial charge in [-0.2, -0.15) is 0 Å². The molecule has 3 N–H and O–H groups in total. The zero-order valence-corrected chi connectivity index (χ0v) is 8.41. The molecule has 5 nitrogen and oxygen atoms in total. The van der Waals surface area contributed by atoms with Crippen LogP contribution >= 0.6 is 0 Å². The van der Waals surface area contributed by atoms with Crippen LogP contribution in [0.5, 0.6) is 5.75 Å². The summed E-state index contributed by atoms with van der Waals surface area (Å²) in [5.74, 6) is -1.10. The summed E-state index contributed by atoms with van der Waals surface area (Å²) >= 11 is 0. The number of alkyl halides is 2. The minimum atomic E-state index is -2.85. The largest absolute Gasteiger partial charge is 0.495 e. The van der Waals surface area contributed by atoms with Crippen LogP contribution in [0.3, 0.4) is 0 Å². The number of rotatable bonds is 4. The number of nitrogens with zero attached hydrogens (tertiary/aromatic N) is 1. The van der Waals surface area contributed by atoms with Gasteiger partial charge in [0.2, 0.25) is 0 Å². The number of pyridine rings is 1. The lowest BCUT2D eigenvalue weighted by atomic mass is 10.1. The van der Waals surface area contributed by atoms with Crippen molar-refractivity contribution >= 4 is 11.7 Å². The molecule has 16 heavy (non-hydrogen) atoms. The third-order valence-electron chi connectivity index (χ3n) is 1.97. The summed E-state index contributed by atoms with van der Waals surface area (Å²) in [7, 11) is 1.28. The van der Waals surface area contributed by atoms with Gasteiger partial charge in [0, 0.05) is 5.56 Å². The number of hydrogen-bond acceptors (Lipinski definition) is 4. The maximum Gasteiger partial charge on any atom is 0.308 e. The molecule has 0 saturated heterocycles. The van der Waals surface area contributed by atoms with Gasteiger partial charge in [-0.3, -0.25) is 4.79 Å². The molecule has 0 saturated carbocycles. The van der Waals surface area contributed by atoms with Gasteiger partial charge in [-0.25, -0.2) is 13.8 Å². The topological polar surface area (TPSA) is 85.4 Å². The first kappa shape index (κ1) is 12.2. The number of hydrogen-bond donors (Lipinski definition) is 2. The van der Waals surface area contributed by atoms with E-state index in [1.54, 1.807) is 0 Å². The lowest BCUT2D eigenvalue weighted by molar-refractivity contribution is -0.136. The highest BCUT2D eigenvalue weighted by Crippen LogP contribution is 2.31. The minimum Gasteiger partial charge on any atom is -0.495 e. The number of carboxylic acid groups (broad SMARTS) is 1. The molecule has 7 heteroatoms. The fourth-order valence-corrected chi connectivity index (χ4v) is 1.25. The van der Waals surface area contributed by atoms with Crippen molar-refractivity contribution in [2.75, 3.05) is 12.8 Å². The molecule has 0 amide bonds. The van der Waals surface area contributed by atoms with Gasteiger partial charge in [-0.15, -0.1) is 0 Å². The molecule has 0 bridgehead atoms. The van der Waals surface area contributed by atoms with Crippen LogP contribution in [0.1, 0.15) is 17.7 Å². The Bertz CT molecular complexity index is 410. The van der Waals surface area contributed by atoms with Crippen LogP contribution in [0, 0.1) is 0 Å². The number of nitrogen functional groups attached to an aromatic ring is 1. The maximum atomic E-state index is 12.5. The van der Waals surface area contributed by atoms with E-state index in [0.717, 1.165) is 6.20 Å². The Hall–Kier alpha value is -1.92. The van der Waals surface area contributed by atoms with Gasteiger partial charge in [0.05, 0.1) is 25.4 Å². The lowest BCUT2D eigenvalue weighted by Gasteiger charge is -2.12. The summed E-state index contributed by atoms with van der Waals surface area (Å²) in [6.45, 7) is 0. The van der Waals surface area contributed by atoms with Crippen LogP contribution in [-0.4, -0.2) is 23.2 Å². The third kappa shape index (κ3) is 2.36. The number of ether oxygens (including phenoxy) is 1. The summed E-state index contributed by atoms with van der Waals surface area (Å²) in [5, 5.41) is 8.62. The molecule has 0 aromatic carbocycles. The Kier molecular flexibility index (Phi) is 3.60. The van der Waals surface area contributed by atoms with E-state index in [1.165, 1.54) is 7.11 Å². The first-order valence-electron chi connectivity index (χ1n) is 4.28. The van der Waals surface area contributed by atoms with E-state index in [1.807, 2.05) is 0 Å². The van der Waals surface area contributed by atoms with Crippen LogP contribution in [0.15, 0.2) is 6.20 Å². The van der Waals surface area contributed by atoms with Crippen LogP contribution < -0.4 is 10.5 Å². The molecule has 0 atom stereocenters. The SMILES string of the molecule is COc1cnc(C(F)F)c(N)c1CC(=O)O. The number of carboxylic acids is 1. The molecule has 0 aliphatic heterocycles. The van der Waals surface area contributed by atoms with Crippen LogP contribution in [0.2, 0.25) is 0 Å². The second-order valence-corrected chi connectivity index (χ2v) is 2.98. The van der Waals surface area contributed by atoms with Crippen molar-refractivity contribution in [1.82, 2.24) is 4.98 Å². The van der Waals surface area contributed by atoms with Gasteiger partial charge >= 0.3 is 5.97 Å². The monoisotopic (exact) mass is 232 g/mol. The lowest BCUT2D eigenvalue weighted by Crippen LogP contribution is -2.09. The van der Waals surface area contributed by atoms with E-state index in [0.29, 0.717) is 0 Å². The summed E-state index contributed by atoms with van der Waals surface area (Å²) in [4.78, 5) is 14.0. The minimum absolute atomic E-state index is 0.0142. The molecule has 0 radical (unpaired) electrons. The van der Waals surface area contributed by atoms with Gasteiger partial charge < -0.3 is 15.6 Å². The van der Waals surface area contributed by atoms with Gasteiger partial charge in [-0.1, -0.05) is 0 Å². The number of nitrogens with two attached hydrogens (primary N) is 1. The number of aliphatic carboxylic acids is 1.